The molecule has 2 aromatic carbocycles. The van der Waals surface area contributed by atoms with Gasteiger partial charge in [0, 0.05) is 65.4 Å². The van der Waals surface area contributed by atoms with E-state index in [-0.39, 0.29) is 29.9 Å². The summed E-state index contributed by atoms with van der Waals surface area (Å²) in [5.41, 5.74) is 13.0. The summed E-state index contributed by atoms with van der Waals surface area (Å²) < 4.78 is 0. The molecule has 7 heterocycles. The van der Waals surface area contributed by atoms with Crippen molar-refractivity contribution >= 4 is 22.3 Å². The Kier molecular flexibility index (Phi) is 5.26. The third-order valence-corrected chi connectivity index (χ3v) is 12.7. The van der Waals surface area contributed by atoms with E-state index < -0.39 is 6.10 Å². The van der Waals surface area contributed by atoms with Gasteiger partial charge in [0.05, 0.1) is 30.1 Å². The van der Waals surface area contributed by atoms with Crippen molar-refractivity contribution in [3.63, 3.8) is 0 Å². The van der Waals surface area contributed by atoms with Crippen molar-refractivity contribution in [1.29, 1.82) is 0 Å². The molecule has 2 bridgehead atoms. The summed E-state index contributed by atoms with van der Waals surface area (Å²) in [4.78, 5) is 11.6. The first-order chi connectivity index (χ1) is 21.6. The Morgan fingerprint density at radius 3 is 2.82 bits per heavy atom. The van der Waals surface area contributed by atoms with E-state index in [1.54, 1.807) is 0 Å². The average Bonchev–Trinajstić information content (AvgIpc) is 3.73. The van der Waals surface area contributed by atoms with Crippen LogP contribution in [-0.4, -0.2) is 76.0 Å². The van der Waals surface area contributed by atoms with Gasteiger partial charge < -0.3 is 25.0 Å². The minimum Gasteiger partial charge on any atom is -0.392 e. The van der Waals surface area contributed by atoms with Crippen LogP contribution in [-0.2, 0) is 11.8 Å². The van der Waals surface area contributed by atoms with Crippen LogP contribution in [0, 0.1) is 11.8 Å². The fourth-order valence-corrected chi connectivity index (χ4v) is 10.9. The first-order valence-corrected chi connectivity index (χ1v) is 16.7. The molecule has 3 N–H and O–H groups in total. The summed E-state index contributed by atoms with van der Waals surface area (Å²) in [6, 6.07) is 18.5. The normalized spacial score (nSPS) is 34.2. The molecule has 6 heteroatoms. The number of anilines is 1. The van der Waals surface area contributed by atoms with Gasteiger partial charge in [0.2, 0.25) is 0 Å². The van der Waals surface area contributed by atoms with E-state index in [4.69, 9.17) is 0 Å². The molecule has 7 aliphatic rings. The zero-order valence-corrected chi connectivity index (χ0v) is 25.3. The number of nitrogens with zero attached hydrogens (tertiary/aromatic N) is 3. The van der Waals surface area contributed by atoms with Crippen LogP contribution >= 0.6 is 0 Å². The van der Waals surface area contributed by atoms with Crippen LogP contribution in [0.1, 0.15) is 43.0 Å². The van der Waals surface area contributed by atoms with Gasteiger partial charge in [-0.3, -0.25) is 4.90 Å². The Bertz CT molecular complexity index is 1860. The number of fused-ring (bicyclic) bond motifs is 9. The van der Waals surface area contributed by atoms with Gasteiger partial charge >= 0.3 is 0 Å². The Morgan fingerprint density at radius 2 is 1.93 bits per heavy atom. The van der Waals surface area contributed by atoms with E-state index >= 15 is 0 Å². The Balaban J connectivity index is 1.17. The predicted molar refractivity (Wildman–Crippen MR) is 174 cm³/mol. The summed E-state index contributed by atoms with van der Waals surface area (Å²) in [6.45, 7) is 6.25. The largest absolute Gasteiger partial charge is 0.392 e. The summed E-state index contributed by atoms with van der Waals surface area (Å²) in [5.74, 6) is 0.345. The highest BCUT2D eigenvalue weighted by Crippen LogP contribution is 2.65. The van der Waals surface area contributed by atoms with Crippen LogP contribution in [0.15, 0.2) is 89.2 Å². The van der Waals surface area contributed by atoms with E-state index in [0.717, 1.165) is 57.4 Å². The number of allylic oxidation sites excluding steroid dienone is 1. The van der Waals surface area contributed by atoms with Gasteiger partial charge in [0.25, 0.3) is 0 Å². The molecular weight excluding hydrogens is 544 g/mol. The molecule has 6 aliphatic heterocycles. The van der Waals surface area contributed by atoms with E-state index in [9.17, 15) is 10.2 Å². The van der Waals surface area contributed by atoms with Gasteiger partial charge in [-0.2, -0.15) is 0 Å². The monoisotopic (exact) mass is 584 g/mol. The third-order valence-electron chi connectivity index (χ3n) is 12.7. The van der Waals surface area contributed by atoms with Gasteiger partial charge in [-0.05, 0) is 78.6 Å². The molecule has 10 rings (SSSR count). The SMILES string of the molecule is CCC1=C(C2=CN3c4ccccc4C45CCN6CC(=CCO)C(CC64)C(C2O)C35)C=C2c3[nH]c4ccccc4c3CCN2C1. The van der Waals surface area contributed by atoms with Crippen molar-refractivity contribution in [2.75, 3.05) is 37.7 Å². The molecule has 6 nitrogen and oxygen atoms in total. The van der Waals surface area contributed by atoms with Crippen molar-refractivity contribution in [1.82, 2.24) is 14.8 Å². The number of para-hydroxylation sites is 2. The lowest BCUT2D eigenvalue weighted by Gasteiger charge is -2.59. The van der Waals surface area contributed by atoms with Crippen LogP contribution in [0.3, 0.4) is 0 Å². The zero-order valence-electron chi connectivity index (χ0n) is 25.3. The van der Waals surface area contributed by atoms with Crippen molar-refractivity contribution in [3.8, 4) is 0 Å². The molecule has 6 unspecified atom stereocenters. The molecule has 6 atom stereocenters. The third kappa shape index (κ3) is 3.07. The van der Waals surface area contributed by atoms with E-state index in [2.05, 4.69) is 93.5 Å². The number of aliphatic hydroxyl groups is 2. The van der Waals surface area contributed by atoms with Crippen molar-refractivity contribution in [2.45, 2.75) is 56.2 Å². The lowest BCUT2D eigenvalue weighted by Crippen LogP contribution is -2.67. The second-order valence-corrected chi connectivity index (χ2v) is 14.2. The minimum absolute atomic E-state index is 0.0396. The van der Waals surface area contributed by atoms with Crippen LogP contribution in [0.4, 0.5) is 5.69 Å². The molecular formula is C38H40N4O2. The molecule has 3 aromatic rings. The van der Waals surface area contributed by atoms with E-state index in [0.29, 0.717) is 6.04 Å². The summed E-state index contributed by atoms with van der Waals surface area (Å²) >= 11 is 0. The molecule has 1 aromatic heterocycles. The molecule has 0 amide bonds. The average molecular weight is 585 g/mol. The number of benzene rings is 2. The summed E-state index contributed by atoms with van der Waals surface area (Å²) in [5, 5.41) is 24.1. The Morgan fingerprint density at radius 1 is 1.07 bits per heavy atom. The quantitative estimate of drug-likeness (QED) is 0.374. The lowest BCUT2D eigenvalue weighted by molar-refractivity contribution is -0.00912. The van der Waals surface area contributed by atoms with Gasteiger partial charge in [-0.25, -0.2) is 0 Å². The fraction of sp³-hybridized carbons (Fsp3) is 0.421. The highest BCUT2D eigenvalue weighted by molar-refractivity contribution is 5.91. The van der Waals surface area contributed by atoms with Crippen LogP contribution in [0.25, 0.3) is 16.6 Å². The molecule has 1 spiro atoms. The Hall–Kier alpha value is -3.58. The van der Waals surface area contributed by atoms with Crippen LogP contribution in [0.5, 0.6) is 0 Å². The first-order valence-electron chi connectivity index (χ1n) is 16.7. The maximum atomic E-state index is 12.7. The number of hydrogen-bond donors (Lipinski definition) is 3. The number of aliphatic hydroxyl groups excluding tert-OH is 2. The minimum atomic E-state index is -0.562. The van der Waals surface area contributed by atoms with Gasteiger partial charge in [0.15, 0.2) is 0 Å². The topological polar surface area (TPSA) is 66.0 Å². The number of hydrogen-bond acceptors (Lipinski definition) is 5. The van der Waals surface area contributed by atoms with Gasteiger partial charge in [0.1, 0.15) is 0 Å². The van der Waals surface area contributed by atoms with Crippen LogP contribution < -0.4 is 4.90 Å². The van der Waals surface area contributed by atoms with Crippen molar-refractivity contribution in [3.05, 3.63) is 106 Å². The molecule has 224 valence electrons. The van der Waals surface area contributed by atoms with Crippen molar-refractivity contribution < 1.29 is 10.2 Å². The molecule has 44 heavy (non-hydrogen) atoms. The van der Waals surface area contributed by atoms with Crippen LogP contribution in [0.2, 0.25) is 0 Å². The molecule has 1 saturated carbocycles. The van der Waals surface area contributed by atoms with Gasteiger partial charge in [-0.1, -0.05) is 55.0 Å². The molecule has 3 fully saturated rings. The smallest absolute Gasteiger partial charge is 0.0864 e. The number of aromatic amines is 1. The van der Waals surface area contributed by atoms with Crippen molar-refractivity contribution in [2.24, 2.45) is 11.8 Å². The number of nitrogens with one attached hydrogen (secondary N) is 1. The predicted octanol–water partition coefficient (Wildman–Crippen LogP) is 5.11. The second-order valence-electron chi connectivity index (χ2n) is 14.2. The molecule has 1 aliphatic carbocycles. The highest BCUT2D eigenvalue weighted by atomic mass is 16.3. The Labute approximate surface area is 258 Å². The fourth-order valence-electron chi connectivity index (χ4n) is 10.9. The second kappa shape index (κ2) is 9.00. The summed E-state index contributed by atoms with van der Waals surface area (Å²) in [7, 11) is 0. The number of H-pyrrole nitrogens is 1. The summed E-state index contributed by atoms with van der Waals surface area (Å²) in [6.07, 6.45) is 10.4. The standard InChI is InChI=1S/C38H40N4O2/c1-2-22-19-40-14-11-25-24-7-3-5-9-30(24)39-35(25)32(40)17-26(22)28-21-42-31-10-6-4-8-29(31)38-13-15-41-20-23(12-16-43)27(18-33(38)41)34(36(28)44)37(38)42/h3-10,12,17,21,27,33-34,36-37,39,43-44H,2,11,13-16,18-20H2,1H3. The zero-order chi connectivity index (χ0) is 29.3. The van der Waals surface area contributed by atoms with E-state index in [1.807, 2.05) is 0 Å². The maximum absolute atomic E-state index is 12.7. The molecule has 0 radical (unpaired) electrons. The number of piperidine rings is 1. The number of rotatable bonds is 3. The van der Waals surface area contributed by atoms with Gasteiger partial charge in [-0.15, -0.1) is 0 Å². The number of aromatic nitrogens is 1. The van der Waals surface area contributed by atoms with E-state index in [1.165, 1.54) is 55.8 Å². The molecule has 2 saturated heterocycles. The lowest BCUT2D eigenvalue weighted by atomic mass is 9.53. The highest BCUT2D eigenvalue weighted by Gasteiger charge is 2.69. The maximum Gasteiger partial charge on any atom is 0.0864 e. The first kappa shape index (κ1) is 25.7.